The number of nitrogens with zero attached hydrogens (tertiary/aromatic N) is 4. The molecule has 2 aliphatic heterocycles. The summed E-state index contributed by atoms with van der Waals surface area (Å²) in [7, 11) is 1.95. The lowest BCUT2D eigenvalue weighted by Crippen LogP contribution is -2.56. The number of piperazine rings is 1. The number of likely N-dealkylation sites (N-methyl/N-ethyl adjacent to an activating group) is 1. The van der Waals surface area contributed by atoms with Gasteiger partial charge < -0.3 is 9.80 Å². The number of anilines is 1. The van der Waals surface area contributed by atoms with Gasteiger partial charge in [0.25, 0.3) is 0 Å². The van der Waals surface area contributed by atoms with E-state index in [-0.39, 0.29) is 11.6 Å². The van der Waals surface area contributed by atoms with E-state index in [4.69, 9.17) is 0 Å². The van der Waals surface area contributed by atoms with Crippen LogP contribution in [0.1, 0.15) is 11.1 Å². The number of hydrogen-bond acceptors (Lipinski definition) is 5. The maximum Gasteiger partial charge on any atom is 0.359 e. The minimum atomic E-state index is -0.423. The summed E-state index contributed by atoms with van der Waals surface area (Å²) < 4.78 is 16.2. The molecule has 130 valence electrons. The van der Waals surface area contributed by atoms with Crippen LogP contribution < -0.4 is 10.6 Å². The maximum absolute atomic E-state index is 14.8. The summed E-state index contributed by atoms with van der Waals surface area (Å²) in [6.07, 6.45) is 2.96. The van der Waals surface area contributed by atoms with Crippen molar-refractivity contribution in [1.29, 1.82) is 0 Å². The van der Waals surface area contributed by atoms with Gasteiger partial charge in [-0.05, 0) is 37.8 Å². The highest BCUT2D eigenvalue weighted by molar-refractivity contribution is 14.1. The Bertz CT molecular complexity index is 1000. The number of aryl methyl sites for hydroxylation is 1. The standard InChI is InChI=1S/C17H16FIN4O2/c1-9-7-11-14-10(15(9)18)3-4-13(24)12-8-21(2)5-6-22(12)16(14)20-17(25)23(11)19/h3-4,7,12H,5-6,8H2,1-2H3/b4-3-. The second kappa shape index (κ2) is 5.87. The molecular formula is C17H16FIN4O2. The third-order valence-electron chi connectivity index (χ3n) is 4.86. The summed E-state index contributed by atoms with van der Waals surface area (Å²) in [4.78, 5) is 33.1. The molecule has 4 rings (SSSR count). The van der Waals surface area contributed by atoms with E-state index in [1.165, 1.54) is 14.9 Å². The first-order chi connectivity index (χ1) is 11.9. The third-order valence-corrected chi connectivity index (χ3v) is 5.80. The van der Waals surface area contributed by atoms with Crippen LogP contribution >= 0.6 is 22.9 Å². The molecule has 0 bridgehead atoms. The normalized spacial score (nSPS) is 21.8. The number of carbonyl (C=O) groups is 1. The molecule has 3 heterocycles. The highest BCUT2D eigenvalue weighted by Crippen LogP contribution is 2.35. The Morgan fingerprint density at radius 2 is 2.04 bits per heavy atom. The van der Waals surface area contributed by atoms with Gasteiger partial charge in [-0.15, -0.1) is 0 Å². The van der Waals surface area contributed by atoms with E-state index >= 15 is 0 Å². The molecule has 0 spiro atoms. The van der Waals surface area contributed by atoms with E-state index in [9.17, 15) is 14.0 Å². The second-order valence-electron chi connectivity index (χ2n) is 6.52. The van der Waals surface area contributed by atoms with Crippen LogP contribution in [0.5, 0.6) is 0 Å². The van der Waals surface area contributed by atoms with E-state index in [0.29, 0.717) is 40.9 Å². The fraction of sp³-hybridized carbons (Fsp3) is 0.353. The van der Waals surface area contributed by atoms with Crippen molar-refractivity contribution in [3.8, 4) is 0 Å². The molecule has 0 aliphatic carbocycles. The summed E-state index contributed by atoms with van der Waals surface area (Å²) >= 11 is 1.88. The molecule has 1 unspecified atom stereocenters. The third kappa shape index (κ3) is 2.50. The van der Waals surface area contributed by atoms with Gasteiger partial charge in [-0.2, -0.15) is 4.98 Å². The van der Waals surface area contributed by atoms with Crippen LogP contribution in [0.4, 0.5) is 10.2 Å². The molecule has 1 atom stereocenters. The Morgan fingerprint density at radius 1 is 1.28 bits per heavy atom. The molecular weight excluding hydrogens is 438 g/mol. The minimum Gasteiger partial charge on any atom is -0.343 e. The summed E-state index contributed by atoms with van der Waals surface area (Å²) in [5.41, 5.74) is 0.932. The molecule has 0 radical (unpaired) electrons. The van der Waals surface area contributed by atoms with Gasteiger partial charge >= 0.3 is 5.69 Å². The molecule has 25 heavy (non-hydrogen) atoms. The fourth-order valence-electron chi connectivity index (χ4n) is 3.54. The van der Waals surface area contributed by atoms with Gasteiger partial charge in [-0.1, -0.05) is 0 Å². The highest BCUT2D eigenvalue weighted by atomic mass is 127. The van der Waals surface area contributed by atoms with Crippen LogP contribution in [-0.4, -0.2) is 51.2 Å². The average Bonchev–Trinajstić information content (AvgIpc) is 2.58. The Labute approximate surface area is 157 Å². The van der Waals surface area contributed by atoms with Gasteiger partial charge in [-0.25, -0.2) is 12.0 Å². The first-order valence-corrected chi connectivity index (χ1v) is 8.94. The van der Waals surface area contributed by atoms with Crippen molar-refractivity contribution in [1.82, 2.24) is 12.7 Å². The predicted octanol–water partition coefficient (Wildman–Crippen LogP) is 1.76. The number of aromatic nitrogens is 2. The number of rotatable bonds is 0. The molecule has 2 aliphatic rings. The molecule has 8 heteroatoms. The monoisotopic (exact) mass is 454 g/mol. The lowest BCUT2D eigenvalue weighted by molar-refractivity contribution is -0.116. The number of ketones is 1. The average molecular weight is 454 g/mol. The minimum absolute atomic E-state index is 0.105. The highest BCUT2D eigenvalue weighted by Gasteiger charge is 2.34. The Balaban J connectivity index is 2.13. The second-order valence-corrected chi connectivity index (χ2v) is 7.49. The fourth-order valence-corrected chi connectivity index (χ4v) is 4.03. The molecule has 1 fully saturated rings. The van der Waals surface area contributed by atoms with Crippen molar-refractivity contribution in [3.63, 3.8) is 0 Å². The van der Waals surface area contributed by atoms with Crippen molar-refractivity contribution in [2.24, 2.45) is 0 Å². The van der Waals surface area contributed by atoms with Crippen LogP contribution in [0, 0.1) is 12.7 Å². The lowest BCUT2D eigenvalue weighted by Gasteiger charge is -2.40. The van der Waals surface area contributed by atoms with Crippen LogP contribution in [0.15, 0.2) is 16.9 Å². The summed E-state index contributed by atoms with van der Waals surface area (Å²) in [5.74, 6) is -0.0912. The first-order valence-electron chi connectivity index (χ1n) is 7.97. The molecule has 1 aromatic heterocycles. The van der Waals surface area contributed by atoms with E-state index in [1.807, 2.05) is 34.8 Å². The Hall–Kier alpha value is -1.81. The molecule has 0 saturated carbocycles. The van der Waals surface area contributed by atoms with Crippen LogP contribution in [0.2, 0.25) is 0 Å². The maximum atomic E-state index is 14.8. The summed E-state index contributed by atoms with van der Waals surface area (Å²) in [6, 6.07) is 1.24. The molecule has 2 aromatic rings. The lowest BCUT2D eigenvalue weighted by atomic mass is 9.98. The Kier molecular flexibility index (Phi) is 3.91. The molecule has 1 saturated heterocycles. The zero-order valence-corrected chi connectivity index (χ0v) is 15.9. The summed E-state index contributed by atoms with van der Waals surface area (Å²) in [6.45, 7) is 3.50. The van der Waals surface area contributed by atoms with Gasteiger partial charge in [0.15, 0.2) is 5.78 Å². The zero-order chi connectivity index (χ0) is 17.9. The van der Waals surface area contributed by atoms with Crippen molar-refractivity contribution < 1.29 is 9.18 Å². The van der Waals surface area contributed by atoms with E-state index < -0.39 is 11.7 Å². The van der Waals surface area contributed by atoms with Gasteiger partial charge in [0.05, 0.1) is 33.8 Å². The van der Waals surface area contributed by atoms with Crippen LogP contribution in [0.3, 0.4) is 0 Å². The predicted molar refractivity (Wildman–Crippen MR) is 103 cm³/mol. The van der Waals surface area contributed by atoms with Crippen LogP contribution in [-0.2, 0) is 4.79 Å². The van der Waals surface area contributed by atoms with Crippen molar-refractivity contribution in [2.75, 3.05) is 31.6 Å². The van der Waals surface area contributed by atoms with Crippen molar-refractivity contribution in [2.45, 2.75) is 13.0 Å². The van der Waals surface area contributed by atoms with Crippen molar-refractivity contribution in [3.05, 3.63) is 39.6 Å². The SMILES string of the molecule is Cc1cc2c3c(nc(=O)n2I)N2CCN(C)CC2C(=O)/C=C\c3c1F. The van der Waals surface area contributed by atoms with Gasteiger partial charge in [0, 0.05) is 25.2 Å². The van der Waals surface area contributed by atoms with Crippen LogP contribution in [0.25, 0.3) is 17.0 Å². The molecule has 1 aromatic carbocycles. The molecule has 0 N–H and O–H groups in total. The number of halogens is 2. The number of carbonyl (C=O) groups excluding carboxylic acids is 1. The van der Waals surface area contributed by atoms with E-state index in [1.54, 1.807) is 13.0 Å². The van der Waals surface area contributed by atoms with Gasteiger partial charge in [-0.3, -0.25) is 4.79 Å². The largest absolute Gasteiger partial charge is 0.359 e. The Morgan fingerprint density at radius 3 is 2.80 bits per heavy atom. The number of benzene rings is 1. The van der Waals surface area contributed by atoms with Gasteiger partial charge in [0.1, 0.15) is 17.7 Å². The van der Waals surface area contributed by atoms with E-state index in [2.05, 4.69) is 9.88 Å². The zero-order valence-electron chi connectivity index (χ0n) is 13.8. The van der Waals surface area contributed by atoms with Gasteiger partial charge in [0.2, 0.25) is 0 Å². The first kappa shape index (κ1) is 16.6. The topological polar surface area (TPSA) is 58.4 Å². The number of hydrogen-bond donors (Lipinski definition) is 0. The molecule has 0 amide bonds. The van der Waals surface area contributed by atoms with Crippen molar-refractivity contribution >= 4 is 51.4 Å². The van der Waals surface area contributed by atoms with E-state index in [0.717, 1.165) is 6.54 Å². The number of fused-ring (bicyclic) bond motifs is 2. The quantitative estimate of drug-likeness (QED) is 0.568. The smallest absolute Gasteiger partial charge is 0.343 e. The summed E-state index contributed by atoms with van der Waals surface area (Å²) in [5, 5.41) is 0.579. The molecule has 6 nitrogen and oxygen atoms in total.